The molecule has 2 heterocycles. The van der Waals surface area contributed by atoms with Gasteiger partial charge in [0.05, 0.1) is 12.7 Å². The van der Waals surface area contributed by atoms with Gasteiger partial charge in [-0.2, -0.15) is 0 Å². The van der Waals surface area contributed by atoms with Gasteiger partial charge in [0.2, 0.25) is 0 Å². The molecule has 2 aromatic rings. The molecule has 0 aliphatic carbocycles. The van der Waals surface area contributed by atoms with E-state index in [1.807, 2.05) is 45.3 Å². The molecular weight excluding hydrogens is 382 g/mol. The number of rotatable bonds is 10. The summed E-state index contributed by atoms with van der Waals surface area (Å²) in [6.07, 6.45) is 2.27. The van der Waals surface area contributed by atoms with E-state index in [2.05, 4.69) is 25.1 Å². The van der Waals surface area contributed by atoms with Crippen LogP contribution in [0.4, 0.5) is 5.82 Å². The third-order valence-electron chi connectivity index (χ3n) is 5.25. The fraction of sp³-hybridized carbons (Fsp3) is 0.545. The summed E-state index contributed by atoms with van der Waals surface area (Å²) in [5.41, 5.74) is 1.23. The van der Waals surface area contributed by atoms with Crippen LogP contribution in [0.3, 0.4) is 0 Å². The van der Waals surface area contributed by atoms with Crippen LogP contribution < -0.4 is 19.7 Å². The van der Waals surface area contributed by atoms with Crippen LogP contribution in [0, 0.1) is 6.92 Å². The number of nitrogens with zero attached hydrogens (tertiary/aromatic N) is 4. The third-order valence-corrected chi connectivity index (χ3v) is 5.25. The maximum absolute atomic E-state index is 11.0. The largest absolute Gasteiger partial charge is 0.493 e. The van der Waals surface area contributed by atoms with E-state index < -0.39 is 5.60 Å². The Labute approximate surface area is 178 Å². The predicted octanol–water partition coefficient (Wildman–Crippen LogP) is 1.47. The van der Waals surface area contributed by atoms with E-state index in [0.717, 1.165) is 41.7 Å². The quantitative estimate of drug-likeness (QED) is 0.604. The number of aliphatic hydroxyl groups is 1. The van der Waals surface area contributed by atoms with E-state index in [4.69, 9.17) is 9.47 Å². The number of β-amino-alcohol motifs (C(OH)–C–C–N with tert-alkyl or cyclic N) is 1. The summed E-state index contributed by atoms with van der Waals surface area (Å²) in [6, 6.07) is 7.89. The van der Waals surface area contributed by atoms with Gasteiger partial charge in [0.25, 0.3) is 0 Å². The highest BCUT2D eigenvalue weighted by atomic mass is 16.5. The van der Waals surface area contributed by atoms with Crippen molar-refractivity contribution in [3.8, 4) is 11.5 Å². The van der Waals surface area contributed by atoms with Crippen LogP contribution in [0.25, 0.3) is 0 Å². The molecule has 164 valence electrons. The Morgan fingerprint density at radius 2 is 2.07 bits per heavy atom. The molecule has 1 aromatic heterocycles. The summed E-state index contributed by atoms with van der Waals surface area (Å²) in [5, 5.41) is 14.3. The number of aromatic nitrogens is 2. The standard InChI is InChI=1S/C22H33N5O3/c1-17-11-21(25-16-24-17)27-8-7-22(28,15-27)14-23-13-18-5-6-19(20(12-18)29-4)30-10-9-26(2)3/h5-6,11-12,16,23,28H,7-10,13-15H2,1-4H3. The van der Waals surface area contributed by atoms with Crippen molar-refractivity contribution in [1.29, 1.82) is 0 Å². The molecule has 1 aliphatic heterocycles. The van der Waals surface area contributed by atoms with E-state index >= 15 is 0 Å². The maximum Gasteiger partial charge on any atom is 0.161 e. The minimum atomic E-state index is -0.780. The smallest absolute Gasteiger partial charge is 0.161 e. The molecule has 30 heavy (non-hydrogen) atoms. The Morgan fingerprint density at radius 3 is 2.80 bits per heavy atom. The molecule has 1 unspecified atom stereocenters. The molecule has 1 aromatic carbocycles. The number of hydrogen-bond acceptors (Lipinski definition) is 8. The van der Waals surface area contributed by atoms with Crippen LogP contribution in [-0.2, 0) is 6.54 Å². The Balaban J connectivity index is 1.51. The lowest BCUT2D eigenvalue weighted by molar-refractivity contribution is 0.0626. The number of nitrogens with one attached hydrogen (secondary N) is 1. The van der Waals surface area contributed by atoms with E-state index in [1.165, 1.54) is 0 Å². The summed E-state index contributed by atoms with van der Waals surface area (Å²) >= 11 is 0. The Kier molecular flexibility index (Phi) is 7.47. The number of aryl methyl sites for hydroxylation is 1. The molecule has 0 saturated carbocycles. The molecule has 2 N–H and O–H groups in total. The van der Waals surface area contributed by atoms with Gasteiger partial charge in [-0.3, -0.25) is 0 Å². The number of hydrogen-bond donors (Lipinski definition) is 2. The summed E-state index contributed by atoms with van der Waals surface area (Å²) in [6.45, 7) is 5.88. The molecule has 0 radical (unpaired) electrons. The summed E-state index contributed by atoms with van der Waals surface area (Å²) in [5.74, 6) is 2.33. The monoisotopic (exact) mass is 415 g/mol. The molecular formula is C22H33N5O3. The summed E-state index contributed by atoms with van der Waals surface area (Å²) < 4.78 is 11.3. The normalized spacial score (nSPS) is 18.8. The lowest BCUT2D eigenvalue weighted by Crippen LogP contribution is -2.43. The van der Waals surface area contributed by atoms with Crippen LogP contribution in [0.5, 0.6) is 11.5 Å². The number of benzene rings is 1. The average Bonchev–Trinajstić information content (AvgIpc) is 3.11. The zero-order valence-corrected chi connectivity index (χ0v) is 18.4. The second kappa shape index (κ2) is 10.1. The molecule has 8 nitrogen and oxygen atoms in total. The highest BCUT2D eigenvalue weighted by Crippen LogP contribution is 2.28. The zero-order chi connectivity index (χ0) is 21.6. The summed E-state index contributed by atoms with van der Waals surface area (Å²) in [4.78, 5) is 12.7. The number of methoxy groups -OCH3 is 1. The first-order valence-corrected chi connectivity index (χ1v) is 10.3. The number of likely N-dealkylation sites (N-methyl/N-ethyl adjacent to an activating group) is 1. The van der Waals surface area contributed by atoms with E-state index in [9.17, 15) is 5.11 Å². The van der Waals surface area contributed by atoms with Crippen molar-refractivity contribution in [2.45, 2.75) is 25.5 Å². The second-order valence-corrected chi connectivity index (χ2v) is 8.15. The van der Waals surface area contributed by atoms with Gasteiger partial charge in [0.1, 0.15) is 18.8 Å². The first kappa shape index (κ1) is 22.3. The minimum absolute atomic E-state index is 0.511. The minimum Gasteiger partial charge on any atom is -0.493 e. The van der Waals surface area contributed by atoms with Gasteiger partial charge in [-0.15, -0.1) is 0 Å². The number of ether oxygens (including phenoxy) is 2. The Morgan fingerprint density at radius 1 is 1.23 bits per heavy atom. The molecule has 8 heteroatoms. The SMILES string of the molecule is COc1cc(CNCC2(O)CCN(c3cc(C)ncn3)C2)ccc1OCCN(C)C. The van der Waals surface area contributed by atoms with E-state index in [-0.39, 0.29) is 0 Å². The lowest BCUT2D eigenvalue weighted by Gasteiger charge is -2.24. The van der Waals surface area contributed by atoms with Crippen LogP contribution in [-0.4, -0.2) is 79.6 Å². The van der Waals surface area contributed by atoms with Crippen molar-refractivity contribution in [3.05, 3.63) is 41.9 Å². The van der Waals surface area contributed by atoms with Gasteiger partial charge >= 0.3 is 0 Å². The van der Waals surface area contributed by atoms with Crippen molar-refractivity contribution < 1.29 is 14.6 Å². The van der Waals surface area contributed by atoms with Gasteiger partial charge < -0.3 is 29.7 Å². The van der Waals surface area contributed by atoms with Gasteiger partial charge in [-0.1, -0.05) is 6.07 Å². The van der Waals surface area contributed by atoms with E-state index in [0.29, 0.717) is 32.7 Å². The van der Waals surface area contributed by atoms with Crippen molar-refractivity contribution in [2.75, 3.05) is 58.9 Å². The molecule has 3 rings (SSSR count). The van der Waals surface area contributed by atoms with Crippen LogP contribution in [0.15, 0.2) is 30.6 Å². The van der Waals surface area contributed by atoms with Crippen LogP contribution in [0.2, 0.25) is 0 Å². The van der Waals surface area contributed by atoms with Crippen LogP contribution in [0.1, 0.15) is 17.7 Å². The molecule has 1 atom stereocenters. The molecule has 1 fully saturated rings. The van der Waals surface area contributed by atoms with Gasteiger partial charge in [0, 0.05) is 44.5 Å². The zero-order valence-electron chi connectivity index (χ0n) is 18.4. The first-order valence-electron chi connectivity index (χ1n) is 10.3. The highest BCUT2D eigenvalue weighted by Gasteiger charge is 2.36. The average molecular weight is 416 g/mol. The second-order valence-electron chi connectivity index (χ2n) is 8.15. The topological polar surface area (TPSA) is 83.0 Å². The lowest BCUT2D eigenvalue weighted by atomic mass is 10.0. The van der Waals surface area contributed by atoms with Crippen molar-refractivity contribution in [3.63, 3.8) is 0 Å². The van der Waals surface area contributed by atoms with Gasteiger partial charge in [-0.05, 0) is 45.1 Å². The number of anilines is 1. The first-order chi connectivity index (χ1) is 14.4. The highest BCUT2D eigenvalue weighted by molar-refractivity contribution is 5.43. The Bertz CT molecular complexity index is 832. The Hall–Kier alpha value is -2.42. The summed E-state index contributed by atoms with van der Waals surface area (Å²) in [7, 11) is 5.68. The fourth-order valence-electron chi connectivity index (χ4n) is 3.53. The molecule has 1 aliphatic rings. The molecule has 0 spiro atoms. The maximum atomic E-state index is 11.0. The molecule has 0 amide bonds. The van der Waals surface area contributed by atoms with Crippen molar-refractivity contribution in [1.82, 2.24) is 20.2 Å². The van der Waals surface area contributed by atoms with Crippen molar-refractivity contribution in [2.24, 2.45) is 0 Å². The van der Waals surface area contributed by atoms with Gasteiger partial charge in [0.15, 0.2) is 11.5 Å². The van der Waals surface area contributed by atoms with E-state index in [1.54, 1.807) is 13.4 Å². The molecule has 1 saturated heterocycles. The van der Waals surface area contributed by atoms with Crippen LogP contribution >= 0.6 is 0 Å². The molecule has 0 bridgehead atoms. The van der Waals surface area contributed by atoms with Crippen molar-refractivity contribution >= 4 is 5.82 Å². The third kappa shape index (κ3) is 6.04. The predicted molar refractivity (Wildman–Crippen MR) is 117 cm³/mol. The van der Waals surface area contributed by atoms with Gasteiger partial charge in [-0.25, -0.2) is 9.97 Å². The fourth-order valence-corrected chi connectivity index (χ4v) is 3.53.